The molecule has 4 aromatic rings. The van der Waals surface area contributed by atoms with Crippen LogP contribution in [0.2, 0.25) is 0 Å². The number of imidazole rings is 1. The van der Waals surface area contributed by atoms with Gasteiger partial charge in [0.05, 0.1) is 5.69 Å². The van der Waals surface area contributed by atoms with E-state index in [1.807, 2.05) is 35.7 Å². The first kappa shape index (κ1) is 17.0. The fraction of sp³-hybridized carbons (Fsp3) is 0.222. The minimum absolute atomic E-state index is 0.745. The molecule has 3 heterocycles. The molecule has 0 aliphatic rings. The quantitative estimate of drug-likeness (QED) is 0.506. The van der Waals surface area contributed by atoms with E-state index in [-0.39, 0.29) is 0 Å². The zero-order chi connectivity index (χ0) is 17.9. The van der Waals surface area contributed by atoms with Crippen molar-refractivity contribution in [3.05, 3.63) is 65.2 Å². The van der Waals surface area contributed by atoms with Crippen molar-refractivity contribution in [2.24, 2.45) is 0 Å². The summed E-state index contributed by atoms with van der Waals surface area (Å²) in [7, 11) is 0. The smallest absolute Gasteiger partial charge is 0.234 e. The van der Waals surface area contributed by atoms with Crippen LogP contribution in [0.25, 0.3) is 5.78 Å². The minimum atomic E-state index is 0.745. The number of rotatable bonds is 6. The van der Waals surface area contributed by atoms with Crippen LogP contribution >= 0.6 is 23.1 Å². The molecular weight excluding hydrogens is 364 g/mol. The third-order valence-electron chi connectivity index (χ3n) is 3.85. The molecule has 0 amide bonds. The second kappa shape index (κ2) is 7.43. The van der Waals surface area contributed by atoms with Gasteiger partial charge in [-0.05, 0) is 25.5 Å². The van der Waals surface area contributed by atoms with Crippen molar-refractivity contribution in [2.75, 3.05) is 5.32 Å². The molecule has 0 spiro atoms. The Labute approximate surface area is 159 Å². The molecule has 0 unspecified atom stereocenters. The third kappa shape index (κ3) is 3.86. The van der Waals surface area contributed by atoms with Crippen molar-refractivity contribution < 1.29 is 0 Å². The summed E-state index contributed by atoms with van der Waals surface area (Å²) >= 11 is 3.21. The van der Waals surface area contributed by atoms with Gasteiger partial charge in [-0.2, -0.15) is 0 Å². The molecule has 0 atom stereocenters. The van der Waals surface area contributed by atoms with Crippen LogP contribution in [0, 0.1) is 13.8 Å². The predicted octanol–water partition coefficient (Wildman–Crippen LogP) is 4.10. The number of hydrogen-bond donors (Lipinski definition) is 1. The van der Waals surface area contributed by atoms with Crippen LogP contribution in [0.15, 0.2) is 46.9 Å². The maximum absolute atomic E-state index is 4.60. The standard InChI is InChI=1S/C18H18N6S2/c1-12-8-13(2)24-10-15(21-16(24)20-12)11-25-18-23-22-17(26-18)19-9-14-6-4-3-5-7-14/h3-8,10H,9,11H2,1-2H3,(H,19,22). The second-order valence-electron chi connectivity index (χ2n) is 5.94. The van der Waals surface area contributed by atoms with Gasteiger partial charge in [-0.3, -0.25) is 4.40 Å². The van der Waals surface area contributed by atoms with Crippen molar-refractivity contribution in [1.82, 2.24) is 24.6 Å². The van der Waals surface area contributed by atoms with Crippen LogP contribution in [-0.2, 0) is 12.3 Å². The highest BCUT2D eigenvalue weighted by molar-refractivity contribution is 8.00. The first-order valence-corrected chi connectivity index (χ1v) is 10.0. The fourth-order valence-electron chi connectivity index (χ4n) is 2.64. The molecule has 0 aliphatic heterocycles. The van der Waals surface area contributed by atoms with E-state index in [0.29, 0.717) is 0 Å². The first-order valence-electron chi connectivity index (χ1n) is 8.24. The van der Waals surface area contributed by atoms with Gasteiger partial charge in [0.25, 0.3) is 0 Å². The van der Waals surface area contributed by atoms with Gasteiger partial charge in [0.15, 0.2) is 4.34 Å². The highest BCUT2D eigenvalue weighted by atomic mass is 32.2. The Balaban J connectivity index is 1.38. The topological polar surface area (TPSA) is 68.0 Å². The molecule has 132 valence electrons. The van der Waals surface area contributed by atoms with Crippen LogP contribution in [0.3, 0.4) is 0 Å². The van der Waals surface area contributed by atoms with E-state index in [9.17, 15) is 0 Å². The van der Waals surface area contributed by atoms with E-state index < -0.39 is 0 Å². The molecule has 0 saturated carbocycles. The molecule has 1 N–H and O–H groups in total. The average Bonchev–Trinajstić information content (AvgIpc) is 3.25. The Morgan fingerprint density at radius 1 is 1.12 bits per heavy atom. The third-order valence-corrected chi connectivity index (χ3v) is 5.90. The van der Waals surface area contributed by atoms with Gasteiger partial charge in [-0.1, -0.05) is 53.4 Å². The highest BCUT2D eigenvalue weighted by Gasteiger charge is 2.09. The van der Waals surface area contributed by atoms with E-state index in [1.54, 1.807) is 23.1 Å². The fourth-order valence-corrected chi connectivity index (χ4v) is 4.27. The lowest BCUT2D eigenvalue weighted by molar-refractivity contribution is 0.994. The number of benzene rings is 1. The molecule has 1 aromatic carbocycles. The largest absolute Gasteiger partial charge is 0.356 e. The van der Waals surface area contributed by atoms with Crippen LogP contribution in [0.5, 0.6) is 0 Å². The van der Waals surface area contributed by atoms with Gasteiger partial charge < -0.3 is 5.32 Å². The maximum Gasteiger partial charge on any atom is 0.234 e. The van der Waals surface area contributed by atoms with E-state index in [1.165, 1.54) is 5.56 Å². The number of aryl methyl sites for hydroxylation is 2. The summed E-state index contributed by atoms with van der Waals surface area (Å²) < 4.78 is 2.95. The molecule has 3 aromatic heterocycles. The number of hydrogen-bond acceptors (Lipinski definition) is 7. The molecule has 4 rings (SSSR count). The van der Waals surface area contributed by atoms with E-state index >= 15 is 0 Å². The first-order chi connectivity index (χ1) is 12.7. The van der Waals surface area contributed by atoms with Crippen molar-refractivity contribution in [1.29, 1.82) is 0 Å². The van der Waals surface area contributed by atoms with Gasteiger partial charge in [0, 0.05) is 29.9 Å². The lowest BCUT2D eigenvalue weighted by Crippen LogP contribution is -1.98. The van der Waals surface area contributed by atoms with Gasteiger partial charge in [0.1, 0.15) is 0 Å². The lowest BCUT2D eigenvalue weighted by atomic mass is 10.2. The molecule has 6 nitrogen and oxygen atoms in total. The van der Waals surface area contributed by atoms with Crippen molar-refractivity contribution in [3.63, 3.8) is 0 Å². The zero-order valence-corrected chi connectivity index (χ0v) is 16.1. The van der Waals surface area contributed by atoms with Crippen LogP contribution < -0.4 is 5.32 Å². The normalized spacial score (nSPS) is 11.2. The Hall–Kier alpha value is -2.45. The van der Waals surface area contributed by atoms with Crippen LogP contribution in [0.4, 0.5) is 5.13 Å². The molecule has 0 bridgehead atoms. The summed E-state index contributed by atoms with van der Waals surface area (Å²) in [5.74, 6) is 1.50. The van der Waals surface area contributed by atoms with Crippen LogP contribution in [-0.4, -0.2) is 24.6 Å². The van der Waals surface area contributed by atoms with Gasteiger partial charge in [0.2, 0.25) is 10.9 Å². The number of anilines is 1. The average molecular weight is 383 g/mol. The Morgan fingerprint density at radius 2 is 1.96 bits per heavy atom. The van der Waals surface area contributed by atoms with Gasteiger partial charge in [-0.15, -0.1) is 10.2 Å². The summed E-state index contributed by atoms with van der Waals surface area (Å²) in [5.41, 5.74) is 4.34. The monoisotopic (exact) mass is 382 g/mol. The van der Waals surface area contributed by atoms with Crippen molar-refractivity contribution >= 4 is 34.0 Å². The number of nitrogens with zero attached hydrogens (tertiary/aromatic N) is 5. The molecule has 8 heteroatoms. The lowest BCUT2D eigenvalue weighted by Gasteiger charge is -2.00. The molecule has 0 radical (unpaired) electrons. The number of thioether (sulfide) groups is 1. The highest BCUT2D eigenvalue weighted by Crippen LogP contribution is 2.28. The zero-order valence-electron chi connectivity index (χ0n) is 14.5. The molecule has 0 saturated heterocycles. The summed E-state index contributed by atoms with van der Waals surface area (Å²) in [6.07, 6.45) is 2.04. The SMILES string of the molecule is Cc1cc(C)n2cc(CSc3nnc(NCc4ccccc4)s3)nc2n1. The summed E-state index contributed by atoms with van der Waals surface area (Å²) in [5, 5.41) is 12.6. The number of fused-ring (bicyclic) bond motifs is 1. The van der Waals surface area contributed by atoms with Crippen LogP contribution in [0.1, 0.15) is 22.6 Å². The van der Waals surface area contributed by atoms with E-state index in [2.05, 4.69) is 50.6 Å². The van der Waals surface area contributed by atoms with Crippen molar-refractivity contribution in [2.45, 2.75) is 30.5 Å². The Bertz CT molecular complexity index is 1020. The summed E-state index contributed by atoms with van der Waals surface area (Å²) in [6.45, 7) is 4.80. The van der Waals surface area contributed by atoms with E-state index in [4.69, 9.17) is 0 Å². The summed E-state index contributed by atoms with van der Waals surface area (Å²) in [6, 6.07) is 12.3. The maximum atomic E-state index is 4.60. The molecule has 26 heavy (non-hydrogen) atoms. The predicted molar refractivity (Wildman–Crippen MR) is 106 cm³/mol. The molecular formula is C18H18N6S2. The number of nitrogens with one attached hydrogen (secondary N) is 1. The van der Waals surface area contributed by atoms with Crippen molar-refractivity contribution in [3.8, 4) is 0 Å². The van der Waals surface area contributed by atoms with Gasteiger partial charge in [-0.25, -0.2) is 9.97 Å². The minimum Gasteiger partial charge on any atom is -0.356 e. The second-order valence-corrected chi connectivity index (χ2v) is 8.14. The summed E-state index contributed by atoms with van der Waals surface area (Å²) in [4.78, 5) is 9.08. The molecule has 0 aliphatic carbocycles. The Kier molecular flexibility index (Phi) is 4.85. The van der Waals surface area contributed by atoms with Gasteiger partial charge >= 0.3 is 0 Å². The molecule has 0 fully saturated rings. The Morgan fingerprint density at radius 3 is 2.81 bits per heavy atom. The number of aromatic nitrogens is 5. The van der Waals surface area contributed by atoms with E-state index in [0.717, 1.165) is 44.6 Å².